The monoisotopic (exact) mass is 430 g/mol. The van der Waals surface area contributed by atoms with Gasteiger partial charge in [0.05, 0.1) is 0 Å². The van der Waals surface area contributed by atoms with E-state index >= 15 is 0 Å². The maximum absolute atomic E-state index is 2.51. The van der Waals surface area contributed by atoms with Crippen LogP contribution in [0.3, 0.4) is 0 Å². The molecule has 2 aliphatic rings. The molecule has 1 atom stereocenters. The Labute approximate surface area is 198 Å². The fraction of sp³-hybridized carbons (Fsp3) is 0.625. The van der Waals surface area contributed by atoms with Crippen LogP contribution in [0, 0.1) is 11.8 Å². The second-order valence-corrected chi connectivity index (χ2v) is 11.1. The van der Waals surface area contributed by atoms with Gasteiger partial charge in [-0.25, -0.2) is 0 Å². The van der Waals surface area contributed by atoms with Crippen LogP contribution < -0.4 is 0 Å². The summed E-state index contributed by atoms with van der Waals surface area (Å²) >= 11 is 0. The van der Waals surface area contributed by atoms with Crippen LogP contribution >= 0.6 is 0 Å². The average molecular weight is 431 g/mol. The Kier molecular flexibility index (Phi) is 8.14. The lowest BCUT2D eigenvalue weighted by molar-refractivity contribution is 0.192. The van der Waals surface area contributed by atoms with Crippen LogP contribution in [0.1, 0.15) is 121 Å². The van der Waals surface area contributed by atoms with Crippen molar-refractivity contribution in [2.45, 2.75) is 116 Å². The molecule has 4 rings (SSSR count). The SMILES string of the molecule is CCCC1CCC(c2ccc(-c3ccc(C4(C(C)CCC)CCCCC4)cc3)cc2)CC1. The van der Waals surface area contributed by atoms with Crippen LogP contribution in [0.5, 0.6) is 0 Å². The van der Waals surface area contributed by atoms with Gasteiger partial charge in [0, 0.05) is 0 Å². The van der Waals surface area contributed by atoms with Crippen molar-refractivity contribution in [2.75, 3.05) is 0 Å². The molecule has 0 amide bonds. The molecule has 0 saturated heterocycles. The van der Waals surface area contributed by atoms with E-state index in [1.165, 1.54) is 94.6 Å². The molecule has 0 nitrogen and oxygen atoms in total. The lowest BCUT2D eigenvalue weighted by Crippen LogP contribution is -2.36. The van der Waals surface area contributed by atoms with Gasteiger partial charge in [0.25, 0.3) is 0 Å². The minimum atomic E-state index is 0.410. The van der Waals surface area contributed by atoms with Gasteiger partial charge in [-0.1, -0.05) is 114 Å². The summed E-state index contributed by atoms with van der Waals surface area (Å²) in [4.78, 5) is 0. The molecule has 0 aromatic heterocycles. The van der Waals surface area contributed by atoms with Crippen LogP contribution in [-0.4, -0.2) is 0 Å². The molecule has 0 N–H and O–H groups in total. The first-order valence-corrected chi connectivity index (χ1v) is 13.9. The predicted molar refractivity (Wildman–Crippen MR) is 140 cm³/mol. The molecule has 0 bridgehead atoms. The number of hydrogen-bond donors (Lipinski definition) is 0. The molecule has 2 aromatic rings. The second kappa shape index (κ2) is 11.0. The maximum atomic E-state index is 2.51. The highest BCUT2D eigenvalue weighted by Gasteiger charge is 2.38. The molecule has 2 fully saturated rings. The standard InChI is InChI=1S/C32H46/c1-4-9-25(3)32(23-7-6-8-24-32)31-21-19-30(20-22-31)29-17-15-28(16-18-29)27-13-11-26(10-5-2)12-14-27/h15-22,25-27H,4-14,23-24H2,1-3H3. The largest absolute Gasteiger partial charge is 0.0654 e. The summed E-state index contributed by atoms with van der Waals surface area (Å²) in [5.74, 6) is 2.55. The van der Waals surface area contributed by atoms with E-state index in [9.17, 15) is 0 Å². The third-order valence-corrected chi connectivity index (χ3v) is 9.13. The first-order chi connectivity index (χ1) is 15.7. The molecule has 0 aliphatic heterocycles. The first kappa shape index (κ1) is 23.6. The molecule has 2 aromatic carbocycles. The summed E-state index contributed by atoms with van der Waals surface area (Å²) in [6.07, 6.45) is 18.0. The summed E-state index contributed by atoms with van der Waals surface area (Å²) < 4.78 is 0. The van der Waals surface area contributed by atoms with Gasteiger partial charge >= 0.3 is 0 Å². The van der Waals surface area contributed by atoms with E-state index < -0.39 is 0 Å². The zero-order valence-corrected chi connectivity index (χ0v) is 21.0. The van der Waals surface area contributed by atoms with Crippen molar-refractivity contribution >= 4 is 0 Å². The summed E-state index contributed by atoms with van der Waals surface area (Å²) in [7, 11) is 0. The Morgan fingerprint density at radius 2 is 1.34 bits per heavy atom. The number of rotatable bonds is 8. The summed E-state index contributed by atoms with van der Waals surface area (Å²) in [5.41, 5.74) is 6.32. The number of benzene rings is 2. The minimum Gasteiger partial charge on any atom is -0.0654 e. The van der Waals surface area contributed by atoms with E-state index in [2.05, 4.69) is 69.3 Å². The van der Waals surface area contributed by atoms with Crippen molar-refractivity contribution in [3.63, 3.8) is 0 Å². The van der Waals surface area contributed by atoms with Gasteiger partial charge in [0.2, 0.25) is 0 Å². The molecular formula is C32H46. The lowest BCUT2D eigenvalue weighted by atomic mass is 9.61. The number of hydrogen-bond acceptors (Lipinski definition) is 0. The molecule has 0 spiro atoms. The third kappa shape index (κ3) is 5.16. The van der Waals surface area contributed by atoms with E-state index in [4.69, 9.17) is 0 Å². The van der Waals surface area contributed by atoms with Crippen LogP contribution in [0.15, 0.2) is 48.5 Å². The van der Waals surface area contributed by atoms with Crippen molar-refractivity contribution in [3.8, 4) is 11.1 Å². The van der Waals surface area contributed by atoms with Gasteiger partial charge in [-0.15, -0.1) is 0 Å². The van der Waals surface area contributed by atoms with Gasteiger partial charge in [0.15, 0.2) is 0 Å². The van der Waals surface area contributed by atoms with E-state index in [-0.39, 0.29) is 0 Å². The first-order valence-electron chi connectivity index (χ1n) is 13.9. The molecule has 174 valence electrons. The van der Waals surface area contributed by atoms with E-state index in [0.717, 1.165) is 17.8 Å². The Morgan fingerprint density at radius 1 is 0.750 bits per heavy atom. The summed E-state index contributed by atoms with van der Waals surface area (Å²) in [6, 6.07) is 19.3. The maximum Gasteiger partial charge on any atom is -0.00214 e. The quantitative estimate of drug-likeness (QED) is 0.391. The van der Waals surface area contributed by atoms with Crippen molar-refractivity contribution < 1.29 is 0 Å². The van der Waals surface area contributed by atoms with Gasteiger partial charge in [-0.05, 0) is 83.9 Å². The van der Waals surface area contributed by atoms with Crippen LogP contribution in [0.4, 0.5) is 0 Å². The summed E-state index contributed by atoms with van der Waals surface area (Å²) in [6.45, 7) is 7.19. The van der Waals surface area contributed by atoms with Crippen LogP contribution in [0.25, 0.3) is 11.1 Å². The zero-order chi connectivity index (χ0) is 22.4. The van der Waals surface area contributed by atoms with Crippen LogP contribution in [-0.2, 0) is 5.41 Å². The van der Waals surface area contributed by atoms with E-state index in [1.807, 2.05) is 0 Å². The smallest absolute Gasteiger partial charge is 0.00214 e. The highest BCUT2D eigenvalue weighted by molar-refractivity contribution is 5.64. The van der Waals surface area contributed by atoms with Crippen molar-refractivity contribution in [1.29, 1.82) is 0 Å². The molecular weight excluding hydrogens is 384 g/mol. The van der Waals surface area contributed by atoms with Crippen LogP contribution in [0.2, 0.25) is 0 Å². The molecule has 0 heteroatoms. The Balaban J connectivity index is 1.46. The van der Waals surface area contributed by atoms with E-state index in [1.54, 1.807) is 11.1 Å². The lowest BCUT2D eigenvalue weighted by Gasteiger charge is -2.43. The predicted octanol–water partition coefficient (Wildman–Crippen LogP) is 10.1. The molecule has 2 saturated carbocycles. The Hall–Kier alpha value is -1.56. The normalized spacial score (nSPS) is 24.2. The Morgan fingerprint density at radius 3 is 1.91 bits per heavy atom. The van der Waals surface area contributed by atoms with Crippen molar-refractivity contribution in [3.05, 3.63) is 59.7 Å². The van der Waals surface area contributed by atoms with Gasteiger partial charge in [-0.3, -0.25) is 0 Å². The van der Waals surface area contributed by atoms with Gasteiger partial charge in [-0.2, -0.15) is 0 Å². The topological polar surface area (TPSA) is 0 Å². The highest BCUT2D eigenvalue weighted by atomic mass is 14.4. The summed E-state index contributed by atoms with van der Waals surface area (Å²) in [5, 5.41) is 0. The minimum absolute atomic E-state index is 0.410. The fourth-order valence-electron chi connectivity index (χ4n) is 7.09. The van der Waals surface area contributed by atoms with Gasteiger partial charge < -0.3 is 0 Å². The fourth-order valence-corrected chi connectivity index (χ4v) is 7.09. The van der Waals surface area contributed by atoms with E-state index in [0.29, 0.717) is 5.41 Å². The van der Waals surface area contributed by atoms with Gasteiger partial charge in [0.1, 0.15) is 0 Å². The third-order valence-electron chi connectivity index (χ3n) is 9.13. The van der Waals surface area contributed by atoms with Crippen molar-refractivity contribution in [2.24, 2.45) is 11.8 Å². The average Bonchev–Trinajstić information content (AvgIpc) is 2.85. The molecule has 0 radical (unpaired) electrons. The second-order valence-electron chi connectivity index (χ2n) is 11.1. The molecule has 1 unspecified atom stereocenters. The van der Waals surface area contributed by atoms with Crippen molar-refractivity contribution in [1.82, 2.24) is 0 Å². The highest BCUT2D eigenvalue weighted by Crippen LogP contribution is 2.47. The Bertz CT molecular complexity index is 798. The molecule has 32 heavy (non-hydrogen) atoms. The zero-order valence-electron chi connectivity index (χ0n) is 21.0. The molecule has 2 aliphatic carbocycles. The molecule has 0 heterocycles.